The van der Waals surface area contributed by atoms with Gasteiger partial charge in [-0.3, -0.25) is 4.79 Å². The van der Waals surface area contributed by atoms with Crippen molar-refractivity contribution in [1.29, 1.82) is 0 Å². The van der Waals surface area contributed by atoms with E-state index >= 15 is 0 Å². The number of amides is 1. The van der Waals surface area contributed by atoms with Gasteiger partial charge in [-0.05, 0) is 50.3 Å². The molecule has 92 valence electrons. The van der Waals surface area contributed by atoms with E-state index in [4.69, 9.17) is 0 Å². The molecule has 1 aromatic rings. The number of rotatable bonds is 3. The number of benzene rings is 1. The topological polar surface area (TPSA) is 29.1 Å². The van der Waals surface area contributed by atoms with Crippen molar-refractivity contribution in [3.8, 4) is 0 Å². The van der Waals surface area contributed by atoms with Crippen molar-refractivity contribution in [3.63, 3.8) is 0 Å². The Morgan fingerprint density at radius 1 is 1.47 bits per heavy atom. The van der Waals surface area contributed by atoms with Gasteiger partial charge in [0.15, 0.2) is 0 Å². The first-order valence-electron chi connectivity index (χ1n) is 6.15. The zero-order chi connectivity index (χ0) is 12.5. The summed E-state index contributed by atoms with van der Waals surface area (Å²) in [5, 5.41) is 2.98. The minimum Gasteiger partial charge on any atom is -0.347 e. The Morgan fingerprint density at radius 2 is 2.18 bits per heavy atom. The van der Waals surface area contributed by atoms with Gasteiger partial charge in [-0.25, -0.2) is 4.39 Å². The molecule has 3 heteroatoms. The Kier molecular flexibility index (Phi) is 3.18. The summed E-state index contributed by atoms with van der Waals surface area (Å²) in [7, 11) is 0. The number of carbonyl (C=O) groups is 1. The van der Waals surface area contributed by atoms with Crippen LogP contribution in [0.1, 0.15) is 48.5 Å². The fourth-order valence-corrected chi connectivity index (χ4v) is 2.28. The summed E-state index contributed by atoms with van der Waals surface area (Å²) in [5.41, 5.74) is 0.886. The molecule has 1 aromatic carbocycles. The number of carbonyl (C=O) groups excluding carboxylic acids is 1. The lowest BCUT2D eigenvalue weighted by atomic mass is 9.74. The lowest BCUT2D eigenvalue weighted by Gasteiger charge is -2.42. The molecule has 0 aromatic heterocycles. The number of halogens is 1. The van der Waals surface area contributed by atoms with Crippen LogP contribution in [0.2, 0.25) is 0 Å². The first-order chi connectivity index (χ1) is 8.06. The minimum atomic E-state index is -0.437. The quantitative estimate of drug-likeness (QED) is 0.856. The third-order valence-corrected chi connectivity index (χ3v) is 3.74. The van der Waals surface area contributed by atoms with Crippen LogP contribution in [-0.4, -0.2) is 11.4 Å². The summed E-state index contributed by atoms with van der Waals surface area (Å²) in [6.45, 7) is 3.87. The molecule has 1 amide bonds. The summed E-state index contributed by atoms with van der Waals surface area (Å²) in [5.74, 6) is -0.725. The Bertz CT molecular complexity index is 432. The molecule has 1 fully saturated rings. The molecule has 2 nitrogen and oxygen atoms in total. The second-order valence-corrected chi connectivity index (χ2v) is 4.92. The number of aryl methyl sites for hydroxylation is 1. The van der Waals surface area contributed by atoms with Gasteiger partial charge in [0.1, 0.15) is 5.82 Å². The molecule has 17 heavy (non-hydrogen) atoms. The van der Waals surface area contributed by atoms with E-state index in [1.165, 1.54) is 6.07 Å². The van der Waals surface area contributed by atoms with Crippen molar-refractivity contribution in [2.45, 2.75) is 45.1 Å². The van der Waals surface area contributed by atoms with Crippen LogP contribution in [0.4, 0.5) is 4.39 Å². The van der Waals surface area contributed by atoms with Crippen molar-refractivity contribution >= 4 is 5.91 Å². The first kappa shape index (κ1) is 12.1. The number of nitrogens with one attached hydrogen (secondary N) is 1. The highest BCUT2D eigenvalue weighted by Gasteiger charge is 2.36. The van der Waals surface area contributed by atoms with Gasteiger partial charge in [0.05, 0.1) is 5.56 Å². The minimum absolute atomic E-state index is 0.0889. The van der Waals surface area contributed by atoms with Crippen LogP contribution in [0.5, 0.6) is 0 Å². The number of hydrogen-bond acceptors (Lipinski definition) is 1. The van der Waals surface area contributed by atoms with Gasteiger partial charge < -0.3 is 5.32 Å². The maximum atomic E-state index is 13.6. The van der Waals surface area contributed by atoms with E-state index < -0.39 is 5.82 Å². The molecule has 0 unspecified atom stereocenters. The third-order valence-electron chi connectivity index (χ3n) is 3.74. The van der Waals surface area contributed by atoms with Crippen LogP contribution >= 0.6 is 0 Å². The molecule has 1 aliphatic rings. The summed E-state index contributed by atoms with van der Waals surface area (Å²) in [6, 6.07) is 4.72. The van der Waals surface area contributed by atoms with Crippen LogP contribution in [0.3, 0.4) is 0 Å². The molecule has 0 spiro atoms. The largest absolute Gasteiger partial charge is 0.347 e. The van der Waals surface area contributed by atoms with E-state index in [0.29, 0.717) is 0 Å². The summed E-state index contributed by atoms with van der Waals surface area (Å²) >= 11 is 0. The molecule has 1 N–H and O–H groups in total. The summed E-state index contributed by atoms with van der Waals surface area (Å²) < 4.78 is 13.6. The fraction of sp³-hybridized carbons (Fsp3) is 0.500. The molecule has 0 atom stereocenters. The van der Waals surface area contributed by atoms with Gasteiger partial charge in [-0.15, -0.1) is 0 Å². The number of hydrogen-bond donors (Lipinski definition) is 1. The van der Waals surface area contributed by atoms with Crippen molar-refractivity contribution < 1.29 is 9.18 Å². The molecule has 0 aliphatic heterocycles. The van der Waals surface area contributed by atoms with Crippen molar-refractivity contribution in [2.24, 2.45) is 0 Å². The van der Waals surface area contributed by atoms with Crippen LogP contribution in [-0.2, 0) is 0 Å². The second kappa shape index (κ2) is 4.47. The van der Waals surface area contributed by atoms with E-state index in [0.717, 1.165) is 31.2 Å². The highest BCUT2D eigenvalue weighted by atomic mass is 19.1. The maximum Gasteiger partial charge on any atom is 0.254 e. The standard InChI is InChI=1S/C14H18FNO/c1-3-14(7-4-8-14)16-13(17)11-6-5-10(2)9-12(11)15/h5-6,9H,3-4,7-8H2,1-2H3,(H,16,17). The predicted molar refractivity (Wildman–Crippen MR) is 65.5 cm³/mol. The Labute approximate surface area is 101 Å². The maximum absolute atomic E-state index is 13.6. The monoisotopic (exact) mass is 235 g/mol. The molecule has 1 aliphatic carbocycles. The highest BCUT2D eigenvalue weighted by Crippen LogP contribution is 2.34. The van der Waals surface area contributed by atoms with Crippen LogP contribution in [0.15, 0.2) is 18.2 Å². The normalized spacial score (nSPS) is 17.4. The van der Waals surface area contributed by atoms with Crippen LogP contribution < -0.4 is 5.32 Å². The Morgan fingerprint density at radius 3 is 2.65 bits per heavy atom. The van der Waals surface area contributed by atoms with Gasteiger partial charge in [-0.1, -0.05) is 13.0 Å². The van der Waals surface area contributed by atoms with Gasteiger partial charge >= 0.3 is 0 Å². The predicted octanol–water partition coefficient (Wildman–Crippen LogP) is 3.20. The molecular weight excluding hydrogens is 217 g/mol. The SMILES string of the molecule is CCC1(NC(=O)c2ccc(C)cc2F)CCC1. The first-order valence-corrected chi connectivity index (χ1v) is 6.15. The van der Waals surface area contributed by atoms with E-state index in [9.17, 15) is 9.18 Å². The van der Waals surface area contributed by atoms with Crippen molar-refractivity contribution in [1.82, 2.24) is 5.32 Å². The summed E-state index contributed by atoms with van der Waals surface area (Å²) in [6.07, 6.45) is 4.06. The van der Waals surface area contributed by atoms with E-state index in [1.54, 1.807) is 12.1 Å². The molecule has 0 saturated heterocycles. The smallest absolute Gasteiger partial charge is 0.254 e. The Hall–Kier alpha value is -1.38. The lowest BCUT2D eigenvalue weighted by Crippen LogP contribution is -2.53. The molecular formula is C14H18FNO. The van der Waals surface area contributed by atoms with E-state index in [-0.39, 0.29) is 17.0 Å². The molecule has 0 radical (unpaired) electrons. The zero-order valence-electron chi connectivity index (χ0n) is 10.3. The van der Waals surface area contributed by atoms with E-state index in [1.807, 2.05) is 6.92 Å². The van der Waals surface area contributed by atoms with E-state index in [2.05, 4.69) is 12.2 Å². The average molecular weight is 235 g/mol. The molecule has 2 rings (SSSR count). The molecule has 0 heterocycles. The highest BCUT2D eigenvalue weighted by molar-refractivity contribution is 5.95. The van der Waals surface area contributed by atoms with Gasteiger partial charge in [0.25, 0.3) is 5.91 Å². The van der Waals surface area contributed by atoms with Crippen molar-refractivity contribution in [3.05, 3.63) is 35.1 Å². The lowest BCUT2D eigenvalue weighted by molar-refractivity contribution is 0.0816. The van der Waals surface area contributed by atoms with Crippen LogP contribution in [0, 0.1) is 12.7 Å². The van der Waals surface area contributed by atoms with Crippen molar-refractivity contribution in [2.75, 3.05) is 0 Å². The Balaban J connectivity index is 2.14. The van der Waals surface area contributed by atoms with Crippen LogP contribution in [0.25, 0.3) is 0 Å². The van der Waals surface area contributed by atoms with Gasteiger partial charge in [0.2, 0.25) is 0 Å². The molecule has 1 saturated carbocycles. The average Bonchev–Trinajstić information content (AvgIpc) is 2.23. The zero-order valence-corrected chi connectivity index (χ0v) is 10.3. The third kappa shape index (κ3) is 2.33. The molecule has 0 bridgehead atoms. The fourth-order valence-electron chi connectivity index (χ4n) is 2.28. The van der Waals surface area contributed by atoms with Gasteiger partial charge in [-0.2, -0.15) is 0 Å². The second-order valence-electron chi connectivity index (χ2n) is 4.92. The van der Waals surface area contributed by atoms with Gasteiger partial charge in [0, 0.05) is 5.54 Å². The summed E-state index contributed by atoms with van der Waals surface area (Å²) in [4.78, 5) is 12.0.